The largest absolute Gasteiger partial charge is 0.493 e. The zero-order valence-electron chi connectivity index (χ0n) is 13.0. The molecule has 0 radical (unpaired) electrons. The molecule has 3 N–H and O–H groups in total. The van der Waals surface area contributed by atoms with Gasteiger partial charge in [-0.1, -0.05) is 38.8 Å². The summed E-state index contributed by atoms with van der Waals surface area (Å²) in [4.78, 5) is 12.2. The zero-order valence-corrected chi connectivity index (χ0v) is 13.0. The SMILES string of the molecule is CC(C)COc1cccc(CNC(=O)C2(N)CCCC2)c1. The topological polar surface area (TPSA) is 64.3 Å². The number of hydrogen-bond donors (Lipinski definition) is 2. The van der Waals surface area contributed by atoms with Gasteiger partial charge in [0.05, 0.1) is 12.1 Å². The first-order valence-corrected chi connectivity index (χ1v) is 7.78. The van der Waals surface area contributed by atoms with Gasteiger partial charge in [0.1, 0.15) is 5.75 Å². The minimum Gasteiger partial charge on any atom is -0.493 e. The maximum Gasteiger partial charge on any atom is 0.240 e. The Bertz CT molecular complexity index is 479. The van der Waals surface area contributed by atoms with Gasteiger partial charge in [-0.05, 0) is 36.5 Å². The van der Waals surface area contributed by atoms with Crippen molar-refractivity contribution in [3.8, 4) is 5.75 Å². The van der Waals surface area contributed by atoms with Crippen LogP contribution in [0.5, 0.6) is 5.75 Å². The maximum absolute atomic E-state index is 12.2. The van der Waals surface area contributed by atoms with Crippen LogP contribution in [-0.4, -0.2) is 18.1 Å². The van der Waals surface area contributed by atoms with Gasteiger partial charge < -0.3 is 15.8 Å². The lowest BCUT2D eigenvalue weighted by Crippen LogP contribution is -2.51. The van der Waals surface area contributed by atoms with Crippen molar-refractivity contribution in [2.75, 3.05) is 6.61 Å². The fourth-order valence-electron chi connectivity index (χ4n) is 2.60. The number of amides is 1. The fourth-order valence-corrected chi connectivity index (χ4v) is 2.60. The van der Waals surface area contributed by atoms with Crippen molar-refractivity contribution in [3.63, 3.8) is 0 Å². The fraction of sp³-hybridized carbons (Fsp3) is 0.588. The highest BCUT2D eigenvalue weighted by atomic mass is 16.5. The van der Waals surface area contributed by atoms with Gasteiger partial charge in [-0.15, -0.1) is 0 Å². The summed E-state index contributed by atoms with van der Waals surface area (Å²) in [7, 11) is 0. The summed E-state index contributed by atoms with van der Waals surface area (Å²) in [5, 5.41) is 2.95. The summed E-state index contributed by atoms with van der Waals surface area (Å²) in [5.74, 6) is 1.31. The number of ether oxygens (including phenoxy) is 1. The van der Waals surface area contributed by atoms with Gasteiger partial charge in [-0.2, -0.15) is 0 Å². The van der Waals surface area contributed by atoms with Crippen molar-refractivity contribution in [2.24, 2.45) is 11.7 Å². The van der Waals surface area contributed by atoms with Crippen molar-refractivity contribution < 1.29 is 9.53 Å². The van der Waals surface area contributed by atoms with E-state index in [1.807, 2.05) is 24.3 Å². The molecule has 1 fully saturated rings. The summed E-state index contributed by atoms with van der Waals surface area (Å²) < 4.78 is 5.70. The Balaban J connectivity index is 1.88. The zero-order chi connectivity index (χ0) is 15.3. The van der Waals surface area contributed by atoms with Gasteiger partial charge in [0.25, 0.3) is 0 Å². The lowest BCUT2D eigenvalue weighted by molar-refractivity contribution is -0.126. The predicted octanol–water partition coefficient (Wildman–Crippen LogP) is 2.61. The molecule has 0 aliphatic heterocycles. The van der Waals surface area contributed by atoms with Crippen molar-refractivity contribution >= 4 is 5.91 Å². The van der Waals surface area contributed by atoms with E-state index < -0.39 is 5.54 Å². The molecular weight excluding hydrogens is 264 g/mol. The van der Waals surface area contributed by atoms with E-state index in [0.29, 0.717) is 19.1 Å². The smallest absolute Gasteiger partial charge is 0.240 e. The molecule has 1 aromatic carbocycles. The van der Waals surface area contributed by atoms with Crippen LogP contribution in [-0.2, 0) is 11.3 Å². The predicted molar refractivity (Wildman–Crippen MR) is 84.0 cm³/mol. The van der Waals surface area contributed by atoms with Crippen LogP contribution in [0.4, 0.5) is 0 Å². The van der Waals surface area contributed by atoms with Crippen molar-refractivity contribution in [3.05, 3.63) is 29.8 Å². The van der Waals surface area contributed by atoms with E-state index in [9.17, 15) is 4.79 Å². The highest BCUT2D eigenvalue weighted by Crippen LogP contribution is 2.27. The number of nitrogens with two attached hydrogens (primary N) is 1. The molecule has 2 rings (SSSR count). The average molecular weight is 290 g/mol. The molecular formula is C17H26N2O2. The van der Waals surface area contributed by atoms with Crippen molar-refractivity contribution in [2.45, 2.75) is 51.6 Å². The van der Waals surface area contributed by atoms with Crippen LogP contribution in [0.3, 0.4) is 0 Å². The summed E-state index contributed by atoms with van der Waals surface area (Å²) >= 11 is 0. The average Bonchev–Trinajstić information content (AvgIpc) is 2.91. The first-order valence-electron chi connectivity index (χ1n) is 7.78. The first-order chi connectivity index (χ1) is 9.99. The summed E-state index contributed by atoms with van der Waals surface area (Å²) in [6.45, 7) is 5.43. The normalized spacial score (nSPS) is 17.0. The molecule has 4 heteroatoms. The second-order valence-electron chi connectivity index (χ2n) is 6.40. The van der Waals surface area contributed by atoms with E-state index in [0.717, 1.165) is 37.0 Å². The van der Waals surface area contributed by atoms with Gasteiger partial charge in [-0.3, -0.25) is 4.79 Å². The molecule has 1 saturated carbocycles. The Morgan fingerprint density at radius 3 is 2.76 bits per heavy atom. The molecule has 0 atom stereocenters. The maximum atomic E-state index is 12.2. The lowest BCUT2D eigenvalue weighted by atomic mass is 9.98. The van der Waals surface area contributed by atoms with E-state index in [1.165, 1.54) is 0 Å². The molecule has 21 heavy (non-hydrogen) atoms. The second-order valence-corrected chi connectivity index (χ2v) is 6.40. The lowest BCUT2D eigenvalue weighted by Gasteiger charge is -2.22. The van der Waals surface area contributed by atoms with Gasteiger partial charge in [0.2, 0.25) is 5.91 Å². The van der Waals surface area contributed by atoms with Crippen LogP contribution in [0.25, 0.3) is 0 Å². The quantitative estimate of drug-likeness (QED) is 0.846. The van der Waals surface area contributed by atoms with E-state index >= 15 is 0 Å². The Morgan fingerprint density at radius 2 is 2.10 bits per heavy atom. The van der Waals surface area contributed by atoms with E-state index in [1.54, 1.807) is 0 Å². The van der Waals surface area contributed by atoms with Crippen LogP contribution >= 0.6 is 0 Å². The molecule has 1 aliphatic carbocycles. The van der Waals surface area contributed by atoms with Crippen LogP contribution < -0.4 is 15.8 Å². The highest BCUT2D eigenvalue weighted by Gasteiger charge is 2.36. The van der Waals surface area contributed by atoms with Crippen LogP contribution in [0, 0.1) is 5.92 Å². The molecule has 0 aromatic heterocycles. The van der Waals surface area contributed by atoms with Crippen LogP contribution in [0.2, 0.25) is 0 Å². The molecule has 0 unspecified atom stereocenters. The Labute approximate surface area is 127 Å². The van der Waals surface area contributed by atoms with E-state index in [-0.39, 0.29) is 5.91 Å². The standard InChI is InChI=1S/C17H26N2O2/c1-13(2)12-21-15-7-5-6-14(10-15)11-19-16(20)17(18)8-3-4-9-17/h5-7,10,13H,3-4,8-9,11-12,18H2,1-2H3,(H,19,20). The van der Waals surface area contributed by atoms with Gasteiger partial charge in [0, 0.05) is 6.54 Å². The Kier molecular flexibility index (Phi) is 5.23. The molecule has 1 aromatic rings. The number of nitrogens with one attached hydrogen (secondary N) is 1. The van der Waals surface area contributed by atoms with Gasteiger partial charge in [-0.25, -0.2) is 0 Å². The molecule has 4 nitrogen and oxygen atoms in total. The minimum atomic E-state index is -0.661. The minimum absolute atomic E-state index is 0.0338. The summed E-state index contributed by atoms with van der Waals surface area (Å²) in [6.07, 6.45) is 3.66. The number of hydrogen-bond acceptors (Lipinski definition) is 3. The summed E-state index contributed by atoms with van der Waals surface area (Å²) in [5.41, 5.74) is 6.51. The molecule has 1 amide bonds. The molecule has 1 aliphatic rings. The molecule has 0 bridgehead atoms. The Morgan fingerprint density at radius 1 is 1.38 bits per heavy atom. The van der Waals surface area contributed by atoms with Gasteiger partial charge >= 0.3 is 0 Å². The van der Waals surface area contributed by atoms with E-state index in [2.05, 4.69) is 19.2 Å². The number of benzene rings is 1. The molecule has 0 heterocycles. The van der Waals surface area contributed by atoms with Crippen LogP contribution in [0.1, 0.15) is 45.1 Å². The highest BCUT2D eigenvalue weighted by molar-refractivity contribution is 5.86. The first kappa shape index (κ1) is 15.8. The number of carbonyl (C=O) groups excluding carboxylic acids is 1. The molecule has 116 valence electrons. The Hall–Kier alpha value is -1.55. The monoisotopic (exact) mass is 290 g/mol. The number of rotatable bonds is 6. The third-order valence-electron chi connectivity index (χ3n) is 3.88. The second kappa shape index (κ2) is 6.94. The van der Waals surface area contributed by atoms with Crippen molar-refractivity contribution in [1.82, 2.24) is 5.32 Å². The molecule has 0 spiro atoms. The third-order valence-corrected chi connectivity index (χ3v) is 3.88. The van der Waals surface area contributed by atoms with Gasteiger partial charge in [0.15, 0.2) is 0 Å². The summed E-state index contributed by atoms with van der Waals surface area (Å²) in [6, 6.07) is 7.85. The van der Waals surface area contributed by atoms with E-state index in [4.69, 9.17) is 10.5 Å². The van der Waals surface area contributed by atoms with Crippen LogP contribution in [0.15, 0.2) is 24.3 Å². The molecule has 0 saturated heterocycles. The number of carbonyl (C=O) groups is 1. The third kappa shape index (κ3) is 4.46. The van der Waals surface area contributed by atoms with Crippen molar-refractivity contribution in [1.29, 1.82) is 0 Å².